The molecule has 0 aliphatic carbocycles. The highest BCUT2D eigenvalue weighted by Gasteiger charge is 2.07. The van der Waals surface area contributed by atoms with E-state index in [1.165, 1.54) is 0 Å². The van der Waals surface area contributed by atoms with Gasteiger partial charge in [-0.1, -0.05) is 26.0 Å². The molecule has 0 saturated heterocycles. The molecule has 0 radical (unpaired) electrons. The van der Waals surface area contributed by atoms with Gasteiger partial charge in [-0.15, -0.1) is 0 Å². The lowest BCUT2D eigenvalue weighted by Gasteiger charge is -2.10. The van der Waals surface area contributed by atoms with Crippen molar-refractivity contribution in [3.05, 3.63) is 45.2 Å². The van der Waals surface area contributed by atoms with Crippen LogP contribution in [0.1, 0.15) is 30.5 Å². The molecule has 23 heavy (non-hydrogen) atoms. The van der Waals surface area contributed by atoms with E-state index in [1.54, 1.807) is 0 Å². The molecular weight excluding hydrogens is 290 g/mol. The normalized spacial score (nSPS) is 11.0. The van der Waals surface area contributed by atoms with Crippen LogP contribution in [0.15, 0.2) is 23.0 Å². The predicted octanol–water partition coefficient (Wildman–Crippen LogP) is 2.64. The zero-order valence-corrected chi connectivity index (χ0v) is 14.2. The first-order valence-electron chi connectivity index (χ1n) is 8.02. The van der Waals surface area contributed by atoms with Gasteiger partial charge in [0.1, 0.15) is 0 Å². The average Bonchev–Trinajstić information content (AvgIpc) is 2.50. The molecular formula is C18H25N3O2. The minimum absolute atomic E-state index is 0.0874. The van der Waals surface area contributed by atoms with E-state index in [2.05, 4.69) is 21.7 Å². The van der Waals surface area contributed by atoms with Crippen molar-refractivity contribution in [3.8, 4) is 0 Å². The third-order valence-electron chi connectivity index (χ3n) is 3.98. The summed E-state index contributed by atoms with van der Waals surface area (Å²) >= 11 is 0. The summed E-state index contributed by atoms with van der Waals surface area (Å²) in [6, 6.07) is 5.79. The van der Waals surface area contributed by atoms with Crippen LogP contribution >= 0.6 is 0 Å². The topological polar surface area (TPSA) is 74.0 Å². The molecule has 0 aliphatic rings. The van der Waals surface area contributed by atoms with Crippen molar-refractivity contribution < 1.29 is 4.79 Å². The van der Waals surface area contributed by atoms with Crippen LogP contribution in [0.25, 0.3) is 10.9 Å². The number of hydrogen-bond acceptors (Lipinski definition) is 2. The maximum absolute atomic E-state index is 12.2. The SMILES string of the molecule is Cc1ccc2cc(CCNC(=O)NCC(C)C)c(=O)[nH]c2c1C. The van der Waals surface area contributed by atoms with Crippen LogP contribution in [0.3, 0.4) is 0 Å². The smallest absolute Gasteiger partial charge is 0.314 e. The van der Waals surface area contributed by atoms with Crippen LogP contribution in [0, 0.1) is 19.8 Å². The Morgan fingerprint density at radius 1 is 1.22 bits per heavy atom. The fourth-order valence-corrected chi connectivity index (χ4v) is 2.43. The van der Waals surface area contributed by atoms with Gasteiger partial charge < -0.3 is 15.6 Å². The monoisotopic (exact) mass is 315 g/mol. The van der Waals surface area contributed by atoms with Crippen molar-refractivity contribution in [1.82, 2.24) is 15.6 Å². The lowest BCUT2D eigenvalue weighted by Crippen LogP contribution is -2.38. The summed E-state index contributed by atoms with van der Waals surface area (Å²) in [4.78, 5) is 26.8. The molecule has 0 spiro atoms. The third-order valence-corrected chi connectivity index (χ3v) is 3.98. The molecule has 1 aromatic heterocycles. The first-order chi connectivity index (χ1) is 10.9. The lowest BCUT2D eigenvalue weighted by molar-refractivity contribution is 0.239. The van der Waals surface area contributed by atoms with Gasteiger partial charge in [0.25, 0.3) is 5.56 Å². The van der Waals surface area contributed by atoms with E-state index >= 15 is 0 Å². The Balaban J connectivity index is 2.04. The molecule has 2 aromatic rings. The molecule has 2 amide bonds. The molecule has 0 atom stereocenters. The number of hydrogen-bond donors (Lipinski definition) is 3. The number of fused-ring (bicyclic) bond motifs is 1. The maximum Gasteiger partial charge on any atom is 0.314 e. The highest BCUT2D eigenvalue weighted by atomic mass is 16.2. The fraction of sp³-hybridized carbons (Fsp3) is 0.444. The minimum Gasteiger partial charge on any atom is -0.338 e. The fourth-order valence-electron chi connectivity index (χ4n) is 2.43. The van der Waals surface area contributed by atoms with E-state index in [0.29, 0.717) is 31.0 Å². The quantitative estimate of drug-likeness (QED) is 0.793. The number of aromatic nitrogens is 1. The molecule has 124 valence electrons. The van der Waals surface area contributed by atoms with Crippen LogP contribution in [0.4, 0.5) is 4.79 Å². The zero-order chi connectivity index (χ0) is 17.0. The van der Waals surface area contributed by atoms with Crippen molar-refractivity contribution in [2.24, 2.45) is 5.92 Å². The molecule has 0 aliphatic heterocycles. The van der Waals surface area contributed by atoms with E-state index in [0.717, 1.165) is 22.0 Å². The summed E-state index contributed by atoms with van der Waals surface area (Å²) in [5.41, 5.74) is 3.74. The number of urea groups is 1. The summed E-state index contributed by atoms with van der Waals surface area (Å²) in [5, 5.41) is 6.59. The van der Waals surface area contributed by atoms with Gasteiger partial charge in [0.15, 0.2) is 0 Å². The molecule has 2 rings (SSSR count). The first-order valence-corrected chi connectivity index (χ1v) is 8.02. The number of rotatable bonds is 5. The highest BCUT2D eigenvalue weighted by Crippen LogP contribution is 2.18. The number of carbonyl (C=O) groups excluding carboxylic acids is 1. The molecule has 0 bridgehead atoms. The molecule has 5 heteroatoms. The standard InChI is InChI=1S/C18H25N3O2/c1-11(2)10-20-18(23)19-8-7-15-9-14-6-5-12(3)13(4)16(14)21-17(15)22/h5-6,9,11H,7-8,10H2,1-4H3,(H,21,22)(H2,19,20,23). The Morgan fingerprint density at radius 3 is 2.65 bits per heavy atom. The summed E-state index contributed by atoms with van der Waals surface area (Å²) in [6.07, 6.45) is 0.507. The van der Waals surface area contributed by atoms with E-state index in [9.17, 15) is 9.59 Å². The Kier molecular flexibility index (Phi) is 5.42. The maximum atomic E-state index is 12.2. The first kappa shape index (κ1) is 17.1. The summed E-state index contributed by atoms with van der Waals surface area (Å²) in [6.45, 7) is 9.19. The van der Waals surface area contributed by atoms with E-state index in [4.69, 9.17) is 0 Å². The predicted molar refractivity (Wildman–Crippen MR) is 94.0 cm³/mol. The second-order valence-corrected chi connectivity index (χ2v) is 6.38. The largest absolute Gasteiger partial charge is 0.338 e. The number of amides is 2. The van der Waals surface area contributed by atoms with Crippen molar-refractivity contribution in [2.45, 2.75) is 34.1 Å². The van der Waals surface area contributed by atoms with E-state index in [1.807, 2.05) is 39.8 Å². The number of aromatic amines is 1. The number of benzene rings is 1. The Hall–Kier alpha value is -2.30. The summed E-state index contributed by atoms with van der Waals surface area (Å²) in [7, 11) is 0. The number of nitrogens with one attached hydrogen (secondary N) is 3. The van der Waals surface area contributed by atoms with E-state index in [-0.39, 0.29) is 11.6 Å². The molecule has 0 saturated carbocycles. The van der Waals surface area contributed by atoms with Crippen molar-refractivity contribution in [1.29, 1.82) is 0 Å². The van der Waals surface area contributed by atoms with Gasteiger partial charge in [0.2, 0.25) is 0 Å². The number of H-pyrrole nitrogens is 1. The van der Waals surface area contributed by atoms with Gasteiger partial charge >= 0.3 is 6.03 Å². The van der Waals surface area contributed by atoms with Crippen LogP contribution in [-0.2, 0) is 6.42 Å². The Bertz CT molecular complexity index is 763. The van der Waals surface area contributed by atoms with Crippen molar-refractivity contribution >= 4 is 16.9 Å². The molecule has 1 aromatic carbocycles. The summed E-state index contributed by atoms with van der Waals surface area (Å²) < 4.78 is 0. The minimum atomic E-state index is -0.192. The summed E-state index contributed by atoms with van der Waals surface area (Å²) in [5.74, 6) is 0.413. The molecule has 5 nitrogen and oxygen atoms in total. The number of aryl methyl sites for hydroxylation is 2. The molecule has 1 heterocycles. The Labute approximate surface area is 136 Å². The van der Waals surface area contributed by atoms with Crippen molar-refractivity contribution in [3.63, 3.8) is 0 Å². The van der Waals surface area contributed by atoms with Gasteiger partial charge in [-0.05, 0) is 48.8 Å². The van der Waals surface area contributed by atoms with Crippen LogP contribution in [0.2, 0.25) is 0 Å². The van der Waals surface area contributed by atoms with Gasteiger partial charge in [0.05, 0.1) is 5.52 Å². The molecule has 3 N–H and O–H groups in total. The lowest BCUT2D eigenvalue weighted by atomic mass is 10.0. The molecule has 0 fully saturated rings. The second kappa shape index (κ2) is 7.31. The van der Waals surface area contributed by atoms with Crippen LogP contribution < -0.4 is 16.2 Å². The van der Waals surface area contributed by atoms with Crippen LogP contribution in [-0.4, -0.2) is 24.1 Å². The van der Waals surface area contributed by atoms with E-state index < -0.39 is 0 Å². The number of pyridine rings is 1. The zero-order valence-electron chi connectivity index (χ0n) is 14.2. The number of carbonyl (C=O) groups is 1. The molecule has 0 unspecified atom stereocenters. The second-order valence-electron chi connectivity index (χ2n) is 6.38. The van der Waals surface area contributed by atoms with Gasteiger partial charge in [-0.3, -0.25) is 4.79 Å². The third kappa shape index (κ3) is 4.34. The van der Waals surface area contributed by atoms with Crippen molar-refractivity contribution in [2.75, 3.05) is 13.1 Å². The average molecular weight is 315 g/mol. The van der Waals surface area contributed by atoms with Gasteiger partial charge in [-0.2, -0.15) is 0 Å². The van der Waals surface area contributed by atoms with Gasteiger partial charge in [0, 0.05) is 18.7 Å². The Morgan fingerprint density at radius 2 is 1.96 bits per heavy atom. The van der Waals surface area contributed by atoms with Crippen LogP contribution in [0.5, 0.6) is 0 Å². The van der Waals surface area contributed by atoms with Gasteiger partial charge in [-0.25, -0.2) is 4.79 Å². The highest BCUT2D eigenvalue weighted by molar-refractivity contribution is 5.83.